The molecule has 0 bridgehead atoms. The lowest BCUT2D eigenvalue weighted by molar-refractivity contribution is -0.184. The summed E-state index contributed by atoms with van der Waals surface area (Å²) in [6.07, 6.45) is -19.6. The number of aromatic nitrogens is 6. The molecule has 120 heavy (non-hydrogen) atoms. The highest BCUT2D eigenvalue weighted by Gasteiger charge is 2.56. The number of aliphatic hydroxyl groups is 4. The molecule has 0 saturated carbocycles. The van der Waals surface area contributed by atoms with Crippen molar-refractivity contribution in [3.63, 3.8) is 0 Å². The van der Waals surface area contributed by atoms with E-state index in [0.717, 1.165) is 60.7 Å². The molecular formula is C65H58F12N8O31P4. The number of fused-ring (bicyclic) bond motifs is 4. The van der Waals surface area contributed by atoms with Gasteiger partial charge >= 0.3 is 48.4 Å². The molecule has 16 atom stereocenters. The van der Waals surface area contributed by atoms with E-state index in [1.54, 1.807) is 15.0 Å². The van der Waals surface area contributed by atoms with E-state index in [1.165, 1.54) is 12.1 Å². The standard InChI is InChI=1S/C17H16F3N2O7P.3C16H14F3N2O8P/c1-9-21-15(24)12(19)6-22(9)16-13(23)5-17(20,28-16)8-27-30(25)26-7-10-4-11(18)2-3-14(10)29-30;3*17-9-1-2-12-8(3-9)6-26-30(25,29-12)27-7-16(19)4-11(22)14(28-16)21-5-10(18)13(23)20-15(21)24/h2-4,6,13,16,23H,1,5,7-8H2,(H,21,24);3*1-3,5,11,14,22H,4,6-7H2,(H,20,23,24)/t13-,16-,17+,30?;3*11-,14-,16+,30?/m1111/s1/i8D2,16D;14D;7D2;. The number of ether oxygens (including phenoxy) is 4. The van der Waals surface area contributed by atoms with Crippen LogP contribution in [-0.4, -0.2) is 140 Å². The second-order valence-corrected chi connectivity index (χ2v) is 32.2. The predicted octanol–water partition coefficient (Wildman–Crippen LogP) is 6.83. The van der Waals surface area contributed by atoms with Crippen molar-refractivity contribution >= 4 is 37.2 Å². The number of carbonyl (C=O) groups is 1. The third kappa shape index (κ3) is 19.9. The van der Waals surface area contributed by atoms with Gasteiger partial charge in [-0.1, -0.05) is 6.58 Å². The fraction of sp³-hybridized carbons (Fsp3) is 0.369. The maximum absolute atomic E-state index is 15.6. The van der Waals surface area contributed by atoms with E-state index in [0.29, 0.717) is 32.6 Å². The number of hydrogen-bond donors (Lipinski definition) is 8. The molecule has 16 rings (SSSR count). The molecule has 4 unspecified atom stereocenters. The molecule has 0 radical (unpaired) electrons. The summed E-state index contributed by atoms with van der Waals surface area (Å²) in [5.74, 6) is -22.9. The Bertz CT molecular complexity index is 6180. The highest BCUT2D eigenvalue weighted by molar-refractivity contribution is 7.49. The molecular weight excluding hydrogens is 1740 g/mol. The molecule has 55 heteroatoms. The van der Waals surface area contributed by atoms with Crippen LogP contribution in [0.2, 0.25) is 0 Å². The van der Waals surface area contributed by atoms with Crippen molar-refractivity contribution in [2.24, 2.45) is 0 Å². The first-order valence-corrected chi connectivity index (χ1v) is 39.4. The molecule has 39 nitrogen and oxygen atoms in total. The van der Waals surface area contributed by atoms with Crippen LogP contribution in [0.5, 0.6) is 23.0 Å². The van der Waals surface area contributed by atoms with E-state index in [1.807, 2.05) is 5.32 Å². The quantitative estimate of drug-likeness (QED) is 0.0363. The fourth-order valence-electron chi connectivity index (χ4n) is 11.5. The number of halogens is 12. The highest BCUT2D eigenvalue weighted by atomic mass is 31.2. The Kier molecular flexibility index (Phi) is 22.7. The van der Waals surface area contributed by atoms with E-state index in [-0.39, 0.29) is 69.2 Å². The lowest BCUT2D eigenvalue weighted by Gasteiger charge is -2.33. The smallest absolute Gasteiger partial charge is 0.404 e. The van der Waals surface area contributed by atoms with Crippen molar-refractivity contribution in [2.45, 2.75) is 125 Å². The van der Waals surface area contributed by atoms with Gasteiger partial charge in [-0.15, -0.1) is 0 Å². The Balaban J connectivity index is 0.000000144. The number of benzene rings is 4. The number of H-pyrrole nitrogens is 3. The number of carbonyl (C=O) groups excluding carboxylic acids is 1. The molecule has 0 aliphatic carbocycles. The zero-order valence-corrected chi connectivity index (χ0v) is 63.0. The van der Waals surface area contributed by atoms with Gasteiger partial charge < -0.3 is 67.7 Å². The maximum Gasteiger partial charge on any atom is 0.530 e. The molecule has 4 fully saturated rings. The monoisotopic (exact) mass is 1800 g/mol. The maximum atomic E-state index is 15.6. The first-order chi connectivity index (χ1) is 58.5. The topological polar surface area (TPSA) is 494 Å². The Labute approximate surface area is 667 Å². The van der Waals surface area contributed by atoms with Crippen molar-refractivity contribution in [3.8, 4) is 23.0 Å². The summed E-state index contributed by atoms with van der Waals surface area (Å²) in [7, 11) is -18.3. The fourth-order valence-corrected chi connectivity index (χ4v) is 16.3. The zero-order valence-electron chi connectivity index (χ0n) is 65.4. The van der Waals surface area contributed by atoms with Crippen molar-refractivity contribution in [3.05, 3.63) is 241 Å². The van der Waals surface area contributed by atoms with Crippen molar-refractivity contribution < 1.29 is 178 Å². The summed E-state index contributed by atoms with van der Waals surface area (Å²) in [5.41, 5.74) is -6.97. The van der Waals surface area contributed by atoms with Crippen molar-refractivity contribution in [1.29, 1.82) is 0 Å². The van der Waals surface area contributed by atoms with E-state index >= 15 is 17.6 Å². The van der Waals surface area contributed by atoms with Gasteiger partial charge in [0.15, 0.2) is 24.9 Å². The van der Waals surface area contributed by atoms with Crippen LogP contribution in [0, 0.1) is 40.7 Å². The lowest BCUT2D eigenvalue weighted by Crippen LogP contribution is -2.46. The largest absolute Gasteiger partial charge is 0.530 e. The SMILES string of the molecule is O=c1[nH]c(=O)n([C@@H]2O[C@](F)(COP3(=O)OCc4cc(F)ccc4O3)C[C@H]2O)cc1F.[2H]C([2H])(OP1(=O)OCc2cc(F)ccc2O1)[C@]1(F)C[C@@H](O)[C@H](n2cc(F)c(=O)[nH]c2=O)O1.[2H]C([2H])(OP1(=O)OCc2cc(F)ccc2O1)[C@]1(F)C[C@@H](O)[C@]([2H])(N2C=C(F)C(=O)NC2=C)O1.[2H][C@@]1(n2cc(F)c(=O)[nH]c2=O)O[C@](F)(COP2(=O)OCc3cc(F)ccc3O2)C[C@H]1O. The molecule has 9 aliphatic heterocycles. The molecule has 0 spiro atoms. The zero-order chi connectivity index (χ0) is 92.2. The van der Waals surface area contributed by atoms with E-state index < -0.39 is 261 Å². The summed E-state index contributed by atoms with van der Waals surface area (Å²) in [5, 5.41) is 42.6. The summed E-state index contributed by atoms with van der Waals surface area (Å²) >= 11 is 0. The van der Waals surface area contributed by atoms with Crippen LogP contribution in [-0.2, 0) is 105 Å². The van der Waals surface area contributed by atoms with Gasteiger partial charge in [0, 0.05) is 54.1 Å². The Morgan fingerprint density at radius 3 is 1.16 bits per heavy atom. The number of nitrogens with one attached hydrogen (secondary N) is 4. The van der Waals surface area contributed by atoms with Crippen LogP contribution in [0.25, 0.3) is 0 Å². The highest BCUT2D eigenvalue weighted by Crippen LogP contribution is 2.60. The Morgan fingerprint density at radius 2 is 0.758 bits per heavy atom. The van der Waals surface area contributed by atoms with E-state index in [9.17, 15) is 107 Å². The normalized spacial score (nSPS) is 33.6. The van der Waals surface area contributed by atoms with Gasteiger partial charge in [0.25, 0.3) is 22.6 Å². The van der Waals surface area contributed by atoms with Crippen LogP contribution in [0.15, 0.2) is 145 Å². The molecule has 12 heterocycles. The lowest BCUT2D eigenvalue weighted by atomic mass is 10.1. The molecule has 8 N–H and O–H groups in total. The van der Waals surface area contributed by atoms with Gasteiger partial charge in [0.1, 0.15) is 103 Å². The van der Waals surface area contributed by atoms with E-state index in [2.05, 4.69) is 11.1 Å². The average molecular weight is 1810 g/mol. The van der Waals surface area contributed by atoms with Gasteiger partial charge in [0.2, 0.25) is 46.7 Å². The van der Waals surface area contributed by atoms with Crippen molar-refractivity contribution in [2.75, 3.05) is 26.3 Å². The average Bonchev–Trinajstić information content (AvgIpc) is 1.58. The predicted molar refractivity (Wildman–Crippen MR) is 367 cm³/mol. The molecule has 1 amide bonds. The molecule has 7 aromatic rings. The van der Waals surface area contributed by atoms with Gasteiger partial charge in [-0.05, 0) is 72.8 Å². The van der Waals surface area contributed by atoms with Crippen LogP contribution in [0.1, 0.15) is 74.8 Å². The molecule has 4 aromatic carbocycles. The number of nitrogens with zero attached hydrogens (tertiary/aromatic N) is 4. The molecule has 9 aliphatic rings. The van der Waals surface area contributed by atoms with Gasteiger partial charge in [0.05, 0.1) is 53.2 Å². The van der Waals surface area contributed by atoms with E-state index in [4.69, 9.17) is 76.9 Å². The Morgan fingerprint density at radius 1 is 0.450 bits per heavy atom. The number of amides is 1. The minimum Gasteiger partial charge on any atom is -0.404 e. The van der Waals surface area contributed by atoms with Crippen LogP contribution in [0.3, 0.4) is 0 Å². The second kappa shape index (κ2) is 34.0. The van der Waals surface area contributed by atoms with Crippen molar-refractivity contribution in [1.82, 2.24) is 38.9 Å². The van der Waals surface area contributed by atoms with Crippen LogP contribution >= 0.6 is 31.3 Å². The van der Waals surface area contributed by atoms with Crippen LogP contribution < -0.4 is 57.2 Å². The number of rotatable bonds is 16. The first kappa shape index (κ1) is 80.1. The minimum absolute atomic E-state index is 0.0126. The number of aliphatic hydroxyl groups excluding tert-OH is 4. The number of phosphoric ester groups is 4. The number of alkyl halides is 4. The number of aromatic amines is 3. The third-order valence-electron chi connectivity index (χ3n) is 17.1. The summed E-state index contributed by atoms with van der Waals surface area (Å²) in [4.78, 5) is 85.6. The van der Waals surface area contributed by atoms with Crippen LogP contribution in [0.4, 0.5) is 52.7 Å². The second-order valence-electron chi connectivity index (χ2n) is 25.9. The summed E-state index contributed by atoms with van der Waals surface area (Å²) < 4.78 is 347. The van der Waals surface area contributed by atoms with Gasteiger partial charge in [-0.25, -0.2) is 67.8 Å². The minimum atomic E-state index is -4.82. The van der Waals surface area contributed by atoms with Gasteiger partial charge in [-0.2, -0.15) is 17.6 Å². The molecule has 648 valence electrons. The summed E-state index contributed by atoms with van der Waals surface area (Å²) in [6.45, 7) is -7.76. The first-order valence-electron chi connectivity index (χ1n) is 36.6. The number of hydrogen-bond acceptors (Lipinski definition) is 32. The Hall–Kier alpha value is -9.69. The van der Waals surface area contributed by atoms with Gasteiger partial charge in [-0.3, -0.25) is 84.0 Å². The summed E-state index contributed by atoms with van der Waals surface area (Å²) in [6, 6.07) is 12.8. The molecule has 4 saturated heterocycles. The molecule has 3 aromatic heterocycles. The number of phosphoric acid groups is 4. The third-order valence-corrected chi connectivity index (χ3v) is 22.1.